The third kappa shape index (κ3) is 6.06. The molecule has 1 aliphatic rings. The average Bonchev–Trinajstić information content (AvgIpc) is 3.60. The van der Waals surface area contributed by atoms with Crippen molar-refractivity contribution in [2.24, 2.45) is 0 Å². The number of rotatable bonds is 8. The highest BCUT2D eigenvalue weighted by atomic mass is 35.5. The van der Waals surface area contributed by atoms with Gasteiger partial charge in [0.05, 0.1) is 12.1 Å². The number of carbonyl (C=O) groups excluding carboxylic acids is 2. The molecule has 1 fully saturated rings. The van der Waals surface area contributed by atoms with Gasteiger partial charge >= 0.3 is 6.09 Å². The predicted molar refractivity (Wildman–Crippen MR) is 150 cm³/mol. The molecule has 0 saturated heterocycles. The molecule has 0 radical (unpaired) electrons. The lowest BCUT2D eigenvalue weighted by atomic mass is 10.0. The van der Waals surface area contributed by atoms with Crippen molar-refractivity contribution in [1.82, 2.24) is 25.2 Å². The normalized spacial score (nSPS) is 15.0. The van der Waals surface area contributed by atoms with E-state index in [1.807, 2.05) is 42.5 Å². The van der Waals surface area contributed by atoms with E-state index in [2.05, 4.69) is 32.3 Å². The number of halogens is 1. The van der Waals surface area contributed by atoms with Gasteiger partial charge in [-0.1, -0.05) is 54.1 Å². The number of hydrogen-bond acceptors (Lipinski definition) is 5. The fourth-order valence-corrected chi connectivity index (χ4v) is 5.10. The van der Waals surface area contributed by atoms with Crippen LogP contribution >= 0.6 is 11.6 Å². The van der Waals surface area contributed by atoms with Gasteiger partial charge in [-0.05, 0) is 69.0 Å². The number of hydrogen-bond donors (Lipinski definition) is 2. The third-order valence-electron chi connectivity index (χ3n) is 6.71. The summed E-state index contributed by atoms with van der Waals surface area (Å²) in [5.41, 5.74) is 2.61. The number of amides is 2. The van der Waals surface area contributed by atoms with Gasteiger partial charge in [0.15, 0.2) is 5.65 Å². The van der Waals surface area contributed by atoms with Crippen molar-refractivity contribution >= 4 is 34.8 Å². The van der Waals surface area contributed by atoms with Gasteiger partial charge in [0.1, 0.15) is 23.0 Å². The smallest absolute Gasteiger partial charge is 0.408 e. The van der Waals surface area contributed by atoms with E-state index >= 15 is 0 Å². The Morgan fingerprint density at radius 1 is 1.08 bits per heavy atom. The molecule has 0 aliphatic heterocycles. The summed E-state index contributed by atoms with van der Waals surface area (Å²) in [5.74, 6) is 0.356. The van der Waals surface area contributed by atoms with Gasteiger partial charge < -0.3 is 19.9 Å². The third-order valence-corrected chi connectivity index (χ3v) is 6.94. The van der Waals surface area contributed by atoms with E-state index in [9.17, 15) is 9.59 Å². The molecule has 0 spiro atoms. The molecule has 1 aliphatic carbocycles. The molecule has 39 heavy (non-hydrogen) atoms. The molecule has 2 aromatic carbocycles. The zero-order chi connectivity index (χ0) is 27.6. The van der Waals surface area contributed by atoms with E-state index in [0.29, 0.717) is 10.8 Å². The first-order valence-corrected chi connectivity index (χ1v) is 13.4. The first-order valence-electron chi connectivity index (χ1n) is 13.0. The fraction of sp³-hybridized carbons (Fsp3) is 0.333. The molecule has 1 atom stereocenters. The number of imidazole rings is 1. The van der Waals surface area contributed by atoms with Gasteiger partial charge in [-0.25, -0.2) is 14.8 Å². The Labute approximate surface area is 232 Å². The van der Waals surface area contributed by atoms with Crippen molar-refractivity contribution in [3.63, 3.8) is 0 Å². The molecule has 9 heteroatoms. The number of aromatic nitrogens is 3. The van der Waals surface area contributed by atoms with E-state index in [1.165, 1.54) is 5.56 Å². The van der Waals surface area contributed by atoms with Crippen LogP contribution < -0.4 is 10.6 Å². The van der Waals surface area contributed by atoms with Crippen LogP contribution in [0.25, 0.3) is 11.2 Å². The highest BCUT2D eigenvalue weighted by molar-refractivity contribution is 6.30. The Hall–Kier alpha value is -3.91. The lowest BCUT2D eigenvalue weighted by Crippen LogP contribution is -2.49. The summed E-state index contributed by atoms with van der Waals surface area (Å²) in [6.07, 6.45) is 3.25. The number of fused-ring (bicyclic) bond motifs is 1. The molecule has 0 bridgehead atoms. The van der Waals surface area contributed by atoms with Crippen molar-refractivity contribution in [1.29, 1.82) is 0 Å². The Morgan fingerprint density at radius 3 is 2.54 bits per heavy atom. The maximum Gasteiger partial charge on any atom is 0.408 e. The summed E-state index contributed by atoms with van der Waals surface area (Å²) in [7, 11) is 0. The van der Waals surface area contributed by atoms with Gasteiger partial charge in [0.2, 0.25) is 5.91 Å². The molecular weight excluding hydrogens is 514 g/mol. The van der Waals surface area contributed by atoms with Gasteiger partial charge in [0, 0.05) is 17.6 Å². The van der Waals surface area contributed by atoms with E-state index in [4.69, 9.17) is 21.3 Å². The van der Waals surface area contributed by atoms with E-state index < -0.39 is 17.7 Å². The standard InChI is InChI=1S/C30H32ClN5O3/c1-29(2,3)39-28(38)35-24(18-20-9-7-12-22(31)17-20)27(37)33-19-25-34-23-13-8-16-32-26(23)36(25)30(14-15-30)21-10-5-4-6-11-21/h4-13,16-17,24H,14-15,18-19H2,1-3H3,(H,33,37)(H,35,38). The molecule has 2 aromatic heterocycles. The second-order valence-corrected chi connectivity index (χ2v) is 11.3. The Kier molecular flexibility index (Phi) is 7.32. The minimum absolute atomic E-state index is 0.172. The molecule has 2 heterocycles. The molecule has 1 unspecified atom stereocenters. The highest BCUT2D eigenvalue weighted by Gasteiger charge is 2.48. The predicted octanol–water partition coefficient (Wildman–Crippen LogP) is 5.37. The SMILES string of the molecule is CC(C)(C)OC(=O)NC(Cc1cccc(Cl)c1)C(=O)NCc1nc2cccnc2n1C1(c2ccccc2)CC1. The van der Waals surface area contributed by atoms with Crippen LogP contribution in [0.4, 0.5) is 4.79 Å². The number of benzene rings is 2. The summed E-state index contributed by atoms with van der Waals surface area (Å²) in [6, 6.07) is 20.4. The zero-order valence-electron chi connectivity index (χ0n) is 22.3. The topological polar surface area (TPSA) is 98.1 Å². The summed E-state index contributed by atoms with van der Waals surface area (Å²) in [6.45, 7) is 5.50. The maximum absolute atomic E-state index is 13.5. The van der Waals surface area contributed by atoms with Gasteiger partial charge in [-0.2, -0.15) is 0 Å². The lowest BCUT2D eigenvalue weighted by molar-refractivity contribution is -0.123. The van der Waals surface area contributed by atoms with Crippen LogP contribution in [0.3, 0.4) is 0 Å². The number of nitrogens with one attached hydrogen (secondary N) is 2. The second kappa shape index (κ2) is 10.7. The van der Waals surface area contributed by atoms with Crippen molar-refractivity contribution in [2.45, 2.75) is 63.8 Å². The highest BCUT2D eigenvalue weighted by Crippen LogP contribution is 2.51. The van der Waals surface area contributed by atoms with Gasteiger partial charge in [-0.15, -0.1) is 0 Å². The van der Waals surface area contributed by atoms with Gasteiger partial charge in [0.25, 0.3) is 0 Å². The molecule has 5 rings (SSSR count). The molecule has 1 saturated carbocycles. The minimum Gasteiger partial charge on any atom is -0.444 e. The Balaban J connectivity index is 1.41. The van der Waals surface area contributed by atoms with Gasteiger partial charge in [-0.3, -0.25) is 4.79 Å². The summed E-state index contributed by atoms with van der Waals surface area (Å²) in [4.78, 5) is 35.6. The summed E-state index contributed by atoms with van der Waals surface area (Å²) >= 11 is 6.17. The zero-order valence-corrected chi connectivity index (χ0v) is 23.0. The van der Waals surface area contributed by atoms with E-state index in [-0.39, 0.29) is 24.4 Å². The van der Waals surface area contributed by atoms with Crippen molar-refractivity contribution in [3.8, 4) is 0 Å². The molecular formula is C30H32ClN5O3. The minimum atomic E-state index is -0.877. The van der Waals surface area contributed by atoms with Crippen molar-refractivity contribution in [3.05, 3.63) is 94.9 Å². The number of ether oxygens (including phenoxy) is 1. The van der Waals surface area contributed by atoms with Crippen LogP contribution in [0.2, 0.25) is 5.02 Å². The molecule has 4 aromatic rings. The van der Waals surface area contributed by atoms with Crippen LogP contribution in [0.5, 0.6) is 0 Å². The van der Waals surface area contributed by atoms with E-state index in [0.717, 1.165) is 29.6 Å². The Bertz CT molecular complexity index is 1490. The summed E-state index contributed by atoms with van der Waals surface area (Å²) < 4.78 is 7.58. The number of pyridine rings is 1. The van der Waals surface area contributed by atoms with Crippen molar-refractivity contribution < 1.29 is 14.3 Å². The fourth-order valence-electron chi connectivity index (χ4n) is 4.88. The number of carbonyl (C=O) groups is 2. The van der Waals surface area contributed by atoms with Crippen LogP contribution in [0, 0.1) is 0 Å². The monoisotopic (exact) mass is 545 g/mol. The maximum atomic E-state index is 13.5. The van der Waals surface area contributed by atoms with Crippen LogP contribution in [-0.2, 0) is 28.0 Å². The summed E-state index contributed by atoms with van der Waals surface area (Å²) in [5, 5.41) is 6.29. The van der Waals surface area contributed by atoms with Crippen LogP contribution in [0.1, 0.15) is 50.6 Å². The molecule has 8 nitrogen and oxygen atoms in total. The quantitative estimate of drug-likeness (QED) is 0.310. The second-order valence-electron chi connectivity index (χ2n) is 10.9. The largest absolute Gasteiger partial charge is 0.444 e. The first kappa shape index (κ1) is 26.7. The first-order chi connectivity index (χ1) is 18.6. The Morgan fingerprint density at radius 2 is 1.85 bits per heavy atom. The molecule has 2 amide bonds. The molecule has 202 valence electrons. The van der Waals surface area contributed by atoms with Crippen molar-refractivity contribution in [2.75, 3.05) is 0 Å². The van der Waals surface area contributed by atoms with Crippen LogP contribution in [0.15, 0.2) is 72.9 Å². The molecule has 2 N–H and O–H groups in total. The van der Waals surface area contributed by atoms with Crippen LogP contribution in [-0.4, -0.2) is 38.2 Å². The lowest BCUT2D eigenvalue weighted by Gasteiger charge is -2.24. The van der Waals surface area contributed by atoms with E-state index in [1.54, 1.807) is 39.1 Å². The number of nitrogens with zero attached hydrogens (tertiary/aromatic N) is 3. The number of alkyl carbamates (subject to hydrolysis) is 1. The average molecular weight is 546 g/mol.